The zero-order valence-electron chi connectivity index (χ0n) is 16.9. The Labute approximate surface area is 173 Å². The molecule has 4 heteroatoms. The Morgan fingerprint density at radius 3 is 2.75 bits per heavy atom. The molecule has 0 unspecified atom stereocenters. The molecule has 1 aliphatic rings. The summed E-state index contributed by atoms with van der Waals surface area (Å²) in [5.41, 5.74) is 4.96. The number of rotatable bonds is 9. The van der Waals surface area contributed by atoms with Crippen LogP contribution in [0.5, 0.6) is 11.5 Å². The summed E-state index contributed by atoms with van der Waals surface area (Å²) in [6, 6.07) is 12.1. The Hall–Kier alpha value is -1.97. The second kappa shape index (κ2) is 10.5. The lowest BCUT2D eigenvalue weighted by Crippen LogP contribution is -2.16. The van der Waals surface area contributed by atoms with Gasteiger partial charge in [0, 0.05) is 17.6 Å². The van der Waals surface area contributed by atoms with Crippen LogP contribution in [0.4, 0.5) is 0 Å². The molecule has 0 saturated heterocycles. The van der Waals surface area contributed by atoms with Crippen molar-refractivity contribution < 1.29 is 9.47 Å². The zero-order chi connectivity index (χ0) is 19.8. The molecule has 0 fully saturated rings. The molecule has 2 aromatic carbocycles. The van der Waals surface area contributed by atoms with Crippen LogP contribution in [-0.4, -0.2) is 13.7 Å². The van der Waals surface area contributed by atoms with E-state index in [1.165, 1.54) is 31.2 Å². The zero-order valence-corrected chi connectivity index (χ0v) is 17.6. The normalized spacial score (nSPS) is 13.9. The van der Waals surface area contributed by atoms with E-state index in [1.54, 1.807) is 12.7 Å². The molecule has 0 aliphatic heterocycles. The van der Waals surface area contributed by atoms with Crippen molar-refractivity contribution >= 4 is 11.6 Å². The molecule has 0 amide bonds. The van der Waals surface area contributed by atoms with E-state index in [9.17, 15) is 0 Å². The van der Waals surface area contributed by atoms with Gasteiger partial charge in [0.05, 0.1) is 7.11 Å². The van der Waals surface area contributed by atoms with Gasteiger partial charge >= 0.3 is 0 Å². The van der Waals surface area contributed by atoms with Gasteiger partial charge in [-0.1, -0.05) is 53.1 Å². The van der Waals surface area contributed by atoms with Crippen LogP contribution in [0.1, 0.15) is 48.8 Å². The highest BCUT2D eigenvalue weighted by molar-refractivity contribution is 6.31. The molecule has 1 N–H and O–H groups in total. The van der Waals surface area contributed by atoms with E-state index < -0.39 is 0 Å². The lowest BCUT2D eigenvalue weighted by atomic mass is 9.97. The van der Waals surface area contributed by atoms with Gasteiger partial charge in [-0.25, -0.2) is 0 Å². The predicted molar refractivity (Wildman–Crippen MR) is 116 cm³/mol. The summed E-state index contributed by atoms with van der Waals surface area (Å²) < 4.78 is 11.5. The molecule has 0 bridgehead atoms. The van der Waals surface area contributed by atoms with Gasteiger partial charge in [0.2, 0.25) is 0 Å². The summed E-state index contributed by atoms with van der Waals surface area (Å²) >= 11 is 6.51. The first-order valence-corrected chi connectivity index (χ1v) is 10.5. The minimum absolute atomic E-state index is 0.487. The van der Waals surface area contributed by atoms with Gasteiger partial charge in [-0.15, -0.1) is 0 Å². The summed E-state index contributed by atoms with van der Waals surface area (Å²) in [6.07, 6.45) is 8.68. The van der Waals surface area contributed by atoms with Crippen molar-refractivity contribution in [2.45, 2.75) is 52.2 Å². The smallest absolute Gasteiger partial charge is 0.163 e. The van der Waals surface area contributed by atoms with Gasteiger partial charge in [0.15, 0.2) is 11.5 Å². The summed E-state index contributed by atoms with van der Waals surface area (Å²) in [5.74, 6) is 1.38. The fourth-order valence-corrected chi connectivity index (χ4v) is 3.77. The van der Waals surface area contributed by atoms with Gasteiger partial charge in [-0.2, -0.15) is 0 Å². The number of aryl methyl sites for hydroxylation is 1. The molecule has 3 nitrogen and oxygen atoms in total. The number of allylic oxidation sites excluding steroid dienone is 1. The molecule has 0 saturated carbocycles. The second-order valence-corrected chi connectivity index (χ2v) is 7.81. The van der Waals surface area contributed by atoms with Crippen LogP contribution >= 0.6 is 11.6 Å². The number of hydrogen-bond donors (Lipinski definition) is 1. The monoisotopic (exact) mass is 399 g/mol. The number of ether oxygens (including phenoxy) is 2. The van der Waals surface area contributed by atoms with Crippen LogP contribution in [0.25, 0.3) is 0 Å². The molecule has 150 valence electrons. The average molecular weight is 400 g/mol. The number of hydrogen-bond acceptors (Lipinski definition) is 3. The summed E-state index contributed by atoms with van der Waals surface area (Å²) in [4.78, 5) is 0. The first kappa shape index (κ1) is 20.8. The lowest BCUT2D eigenvalue weighted by Gasteiger charge is -2.15. The van der Waals surface area contributed by atoms with Crippen LogP contribution in [0.15, 0.2) is 48.0 Å². The van der Waals surface area contributed by atoms with Crippen LogP contribution in [0.2, 0.25) is 5.02 Å². The third kappa shape index (κ3) is 6.02. The summed E-state index contributed by atoms with van der Waals surface area (Å²) in [6.45, 7) is 4.26. The summed E-state index contributed by atoms with van der Waals surface area (Å²) in [7, 11) is 1.66. The van der Waals surface area contributed by atoms with Crippen LogP contribution in [0.3, 0.4) is 0 Å². The molecule has 0 radical (unpaired) electrons. The quantitative estimate of drug-likeness (QED) is 0.401. The Balaban J connectivity index is 1.56. The second-order valence-electron chi connectivity index (χ2n) is 7.41. The maximum atomic E-state index is 6.51. The fourth-order valence-electron chi connectivity index (χ4n) is 3.55. The van der Waals surface area contributed by atoms with E-state index in [0.29, 0.717) is 23.1 Å². The maximum absolute atomic E-state index is 6.51. The molecular weight excluding hydrogens is 370 g/mol. The third-order valence-corrected chi connectivity index (χ3v) is 5.48. The highest BCUT2D eigenvalue weighted by atomic mass is 35.5. The van der Waals surface area contributed by atoms with E-state index in [2.05, 4.69) is 36.5 Å². The number of nitrogens with one attached hydrogen (secondary N) is 1. The molecule has 1 aliphatic carbocycles. The van der Waals surface area contributed by atoms with E-state index in [-0.39, 0.29) is 0 Å². The van der Waals surface area contributed by atoms with Crippen molar-refractivity contribution in [2.24, 2.45) is 0 Å². The number of methoxy groups -OCH3 is 1. The number of halogens is 1. The molecule has 0 aromatic heterocycles. The van der Waals surface area contributed by atoms with E-state index in [4.69, 9.17) is 21.1 Å². The standard InChI is InChI=1S/C24H30ClNO2/c1-18-7-6-10-20(13-18)17-28-24-15-22(25)21(14-23(24)27-2)16-26-12-11-19-8-4-3-5-9-19/h6-8,10,13-15,26H,3-5,9,11-12,16-17H2,1-2H3. The van der Waals surface area contributed by atoms with Gasteiger partial charge in [-0.05, 0) is 62.8 Å². The van der Waals surface area contributed by atoms with Gasteiger partial charge in [0.25, 0.3) is 0 Å². The average Bonchev–Trinajstić information content (AvgIpc) is 2.71. The largest absolute Gasteiger partial charge is 0.493 e. The number of benzene rings is 2. The van der Waals surface area contributed by atoms with Crippen molar-refractivity contribution in [3.05, 3.63) is 69.8 Å². The minimum atomic E-state index is 0.487. The van der Waals surface area contributed by atoms with Gasteiger partial charge in [0.1, 0.15) is 6.61 Å². The molecule has 3 rings (SSSR count). The summed E-state index contributed by atoms with van der Waals surface area (Å²) in [5, 5.41) is 4.20. The van der Waals surface area contributed by atoms with Crippen LogP contribution < -0.4 is 14.8 Å². The third-order valence-electron chi connectivity index (χ3n) is 5.13. The molecule has 0 atom stereocenters. The van der Waals surface area contributed by atoms with Crippen LogP contribution in [-0.2, 0) is 13.2 Å². The SMILES string of the molecule is COc1cc(CNCCC2=CCCCC2)c(Cl)cc1OCc1cccc(C)c1. The van der Waals surface area contributed by atoms with Crippen molar-refractivity contribution in [1.82, 2.24) is 5.32 Å². The molecule has 0 heterocycles. The minimum Gasteiger partial charge on any atom is -0.493 e. The van der Waals surface area contributed by atoms with E-state index >= 15 is 0 Å². The molecule has 2 aromatic rings. The van der Waals surface area contributed by atoms with Gasteiger partial charge < -0.3 is 14.8 Å². The topological polar surface area (TPSA) is 30.5 Å². The van der Waals surface area contributed by atoms with Crippen molar-refractivity contribution in [3.8, 4) is 11.5 Å². The maximum Gasteiger partial charge on any atom is 0.163 e. The van der Waals surface area contributed by atoms with E-state index in [1.807, 2.05) is 18.2 Å². The molecule has 0 spiro atoms. The Kier molecular flexibility index (Phi) is 7.81. The molecule has 28 heavy (non-hydrogen) atoms. The lowest BCUT2D eigenvalue weighted by molar-refractivity contribution is 0.284. The van der Waals surface area contributed by atoms with E-state index in [0.717, 1.165) is 30.6 Å². The van der Waals surface area contributed by atoms with Crippen molar-refractivity contribution in [1.29, 1.82) is 0 Å². The highest BCUT2D eigenvalue weighted by Crippen LogP contribution is 2.34. The fraction of sp³-hybridized carbons (Fsp3) is 0.417. The molecular formula is C24H30ClNO2. The Bertz CT molecular complexity index is 816. The van der Waals surface area contributed by atoms with Gasteiger partial charge in [-0.3, -0.25) is 0 Å². The van der Waals surface area contributed by atoms with Crippen molar-refractivity contribution in [2.75, 3.05) is 13.7 Å². The Morgan fingerprint density at radius 1 is 1.11 bits per heavy atom. The highest BCUT2D eigenvalue weighted by Gasteiger charge is 2.11. The van der Waals surface area contributed by atoms with Crippen LogP contribution in [0, 0.1) is 6.92 Å². The Morgan fingerprint density at radius 2 is 2.00 bits per heavy atom. The van der Waals surface area contributed by atoms with Crippen molar-refractivity contribution in [3.63, 3.8) is 0 Å². The predicted octanol–water partition coefficient (Wildman–Crippen LogP) is 6.22. The first-order valence-electron chi connectivity index (χ1n) is 10.1. The first-order chi connectivity index (χ1) is 13.7.